The molecule has 0 unspecified atom stereocenters. The molecule has 1 aromatic carbocycles. The molecule has 0 spiro atoms. The molecule has 1 N–H and O–H groups in total. The summed E-state index contributed by atoms with van der Waals surface area (Å²) < 4.78 is 5.28. The number of hydrogen-bond acceptors (Lipinski definition) is 2. The molecular weight excluding hydrogens is 200 g/mol. The van der Waals surface area contributed by atoms with Gasteiger partial charge in [-0.3, -0.25) is 0 Å². The summed E-state index contributed by atoms with van der Waals surface area (Å²) >= 11 is 0. The van der Waals surface area contributed by atoms with E-state index in [4.69, 9.17) is 4.74 Å². The molecule has 1 heterocycles. The molecule has 0 atom stereocenters. The maximum atomic E-state index is 9.69. The predicted molar refractivity (Wildman–Crippen MR) is 65.2 cm³/mol. The van der Waals surface area contributed by atoms with Crippen molar-refractivity contribution < 1.29 is 9.84 Å². The van der Waals surface area contributed by atoms with Crippen LogP contribution in [0.5, 0.6) is 17.2 Å². The molecule has 0 radical (unpaired) electrons. The lowest BCUT2D eigenvalue weighted by molar-refractivity contribution is 0.464. The van der Waals surface area contributed by atoms with Crippen LogP contribution in [0.3, 0.4) is 0 Å². The zero-order valence-corrected chi connectivity index (χ0v) is 10.1. The van der Waals surface area contributed by atoms with E-state index in [1.807, 2.05) is 6.07 Å². The topological polar surface area (TPSA) is 32.8 Å². The SMILES string of the molecule is CC(C)CCCCCc1c(O)ccc2c1O2. The number of aromatic hydroxyl groups is 1. The third kappa shape index (κ3) is 2.69. The number of fused-ring (bicyclic) bond motifs is 1. The maximum absolute atomic E-state index is 9.69. The monoisotopic (exact) mass is 220 g/mol. The number of phenolic OH excluding ortho intramolecular Hbond substituents is 1. The molecule has 0 saturated heterocycles. The average Bonchev–Trinajstić information content (AvgIpc) is 2.99. The lowest BCUT2D eigenvalue weighted by Gasteiger charge is -2.04. The van der Waals surface area contributed by atoms with Gasteiger partial charge >= 0.3 is 0 Å². The molecule has 1 aliphatic heterocycles. The van der Waals surface area contributed by atoms with Crippen molar-refractivity contribution in [2.75, 3.05) is 0 Å². The fraction of sp³-hybridized carbons (Fsp3) is 0.571. The first kappa shape index (κ1) is 11.3. The molecule has 0 aromatic heterocycles. The maximum Gasteiger partial charge on any atom is 0.177 e. The first-order valence-electron chi connectivity index (χ1n) is 6.21. The van der Waals surface area contributed by atoms with E-state index < -0.39 is 0 Å². The summed E-state index contributed by atoms with van der Waals surface area (Å²) in [5.74, 6) is 3.05. The van der Waals surface area contributed by atoms with Crippen LogP contribution in [0.25, 0.3) is 0 Å². The van der Waals surface area contributed by atoms with Crippen molar-refractivity contribution in [3.63, 3.8) is 0 Å². The fourth-order valence-corrected chi connectivity index (χ4v) is 2.05. The minimum absolute atomic E-state index is 0.389. The smallest absolute Gasteiger partial charge is 0.177 e. The van der Waals surface area contributed by atoms with Crippen LogP contribution in [0.4, 0.5) is 0 Å². The molecule has 88 valence electrons. The van der Waals surface area contributed by atoms with Gasteiger partial charge in [0.1, 0.15) is 5.75 Å². The first-order chi connectivity index (χ1) is 7.68. The van der Waals surface area contributed by atoms with Gasteiger partial charge in [-0.1, -0.05) is 33.1 Å². The summed E-state index contributed by atoms with van der Waals surface area (Å²) in [7, 11) is 0. The Hall–Kier alpha value is -1.18. The number of unbranched alkanes of at least 4 members (excludes halogenated alkanes) is 2. The molecule has 0 bridgehead atoms. The first-order valence-corrected chi connectivity index (χ1v) is 6.21. The number of rotatable bonds is 6. The minimum Gasteiger partial charge on any atom is -0.508 e. The highest BCUT2D eigenvalue weighted by atomic mass is 16.6. The molecule has 0 fully saturated rings. The largest absolute Gasteiger partial charge is 0.508 e. The summed E-state index contributed by atoms with van der Waals surface area (Å²) in [5, 5.41) is 9.69. The molecular formula is C14H20O2. The lowest BCUT2D eigenvalue weighted by atomic mass is 10.0. The minimum atomic E-state index is 0.389. The highest BCUT2D eigenvalue weighted by Gasteiger charge is 2.26. The molecule has 0 amide bonds. The summed E-state index contributed by atoms with van der Waals surface area (Å²) in [5.41, 5.74) is 1.00. The zero-order valence-electron chi connectivity index (χ0n) is 10.1. The third-order valence-corrected chi connectivity index (χ3v) is 3.08. The number of hydrogen-bond donors (Lipinski definition) is 1. The van der Waals surface area contributed by atoms with E-state index in [2.05, 4.69) is 13.8 Å². The van der Waals surface area contributed by atoms with Gasteiger partial charge in [0.2, 0.25) is 0 Å². The van der Waals surface area contributed by atoms with Crippen molar-refractivity contribution in [2.45, 2.75) is 46.0 Å². The Morgan fingerprint density at radius 1 is 1.19 bits per heavy atom. The van der Waals surface area contributed by atoms with Crippen LogP contribution in [-0.4, -0.2) is 5.11 Å². The molecule has 2 rings (SSSR count). The Kier molecular flexibility index (Phi) is 3.37. The second kappa shape index (κ2) is 4.77. The lowest BCUT2D eigenvalue weighted by Crippen LogP contribution is -1.89. The highest BCUT2D eigenvalue weighted by Crippen LogP contribution is 2.51. The second-order valence-electron chi connectivity index (χ2n) is 4.99. The molecule has 2 heteroatoms. The van der Waals surface area contributed by atoms with E-state index in [1.165, 1.54) is 19.3 Å². The van der Waals surface area contributed by atoms with Crippen LogP contribution in [0.15, 0.2) is 12.1 Å². The van der Waals surface area contributed by atoms with Crippen LogP contribution in [0.2, 0.25) is 0 Å². The van der Waals surface area contributed by atoms with Gasteiger partial charge in [-0.2, -0.15) is 0 Å². The third-order valence-electron chi connectivity index (χ3n) is 3.08. The fourth-order valence-electron chi connectivity index (χ4n) is 2.05. The number of benzene rings is 1. The van der Waals surface area contributed by atoms with E-state index in [-0.39, 0.29) is 0 Å². The predicted octanol–water partition coefficient (Wildman–Crippen LogP) is 4.26. The van der Waals surface area contributed by atoms with Crippen molar-refractivity contribution in [2.24, 2.45) is 5.92 Å². The van der Waals surface area contributed by atoms with Gasteiger partial charge in [-0.15, -0.1) is 0 Å². The second-order valence-corrected chi connectivity index (χ2v) is 4.99. The van der Waals surface area contributed by atoms with Crippen molar-refractivity contribution in [3.05, 3.63) is 17.7 Å². The van der Waals surface area contributed by atoms with Gasteiger partial charge < -0.3 is 9.84 Å². The average molecular weight is 220 g/mol. The van der Waals surface area contributed by atoms with Crippen LogP contribution in [-0.2, 0) is 6.42 Å². The van der Waals surface area contributed by atoms with Gasteiger partial charge in [-0.25, -0.2) is 0 Å². The van der Waals surface area contributed by atoms with Gasteiger partial charge in [0, 0.05) is 5.56 Å². The highest BCUT2D eigenvalue weighted by molar-refractivity contribution is 5.63. The van der Waals surface area contributed by atoms with Gasteiger partial charge in [0.15, 0.2) is 11.5 Å². The molecule has 2 nitrogen and oxygen atoms in total. The van der Waals surface area contributed by atoms with Crippen LogP contribution < -0.4 is 4.74 Å². The summed E-state index contributed by atoms with van der Waals surface area (Å²) in [4.78, 5) is 0. The summed E-state index contributed by atoms with van der Waals surface area (Å²) in [6.07, 6.45) is 5.90. The van der Waals surface area contributed by atoms with Gasteiger partial charge in [-0.05, 0) is 30.9 Å². The standard InChI is InChI=1S/C14H20O2/c1-10(2)6-4-3-5-7-11-12(15)8-9-13-14(11)16-13/h8-10,15H,3-7H2,1-2H3. The molecule has 1 aromatic rings. The van der Waals surface area contributed by atoms with Crippen LogP contribution >= 0.6 is 0 Å². The van der Waals surface area contributed by atoms with Crippen LogP contribution in [0, 0.1) is 5.92 Å². The van der Waals surface area contributed by atoms with Crippen molar-refractivity contribution >= 4 is 0 Å². The van der Waals surface area contributed by atoms with Crippen molar-refractivity contribution in [1.29, 1.82) is 0 Å². The number of phenols is 1. The molecule has 16 heavy (non-hydrogen) atoms. The quantitative estimate of drug-likeness (QED) is 0.583. The zero-order chi connectivity index (χ0) is 11.5. The van der Waals surface area contributed by atoms with Crippen molar-refractivity contribution in [1.82, 2.24) is 0 Å². The normalized spacial score (nSPS) is 12.4. The van der Waals surface area contributed by atoms with E-state index in [0.717, 1.165) is 35.8 Å². The Labute approximate surface area is 97.3 Å². The van der Waals surface area contributed by atoms with E-state index in [0.29, 0.717) is 5.75 Å². The van der Waals surface area contributed by atoms with Crippen molar-refractivity contribution in [3.8, 4) is 17.2 Å². The van der Waals surface area contributed by atoms with E-state index in [1.54, 1.807) is 6.07 Å². The van der Waals surface area contributed by atoms with Gasteiger partial charge in [0.05, 0.1) is 0 Å². The Morgan fingerprint density at radius 3 is 2.75 bits per heavy atom. The van der Waals surface area contributed by atoms with E-state index in [9.17, 15) is 5.11 Å². The van der Waals surface area contributed by atoms with Crippen LogP contribution in [0.1, 0.15) is 45.1 Å². The summed E-state index contributed by atoms with van der Waals surface area (Å²) in [6, 6.07) is 3.56. The Balaban J connectivity index is 1.74. The summed E-state index contributed by atoms with van der Waals surface area (Å²) in [6.45, 7) is 4.52. The van der Waals surface area contributed by atoms with E-state index >= 15 is 0 Å². The molecule has 0 saturated carbocycles. The Bertz CT molecular complexity index is 365. The number of ether oxygens (including phenoxy) is 1. The molecule has 1 aliphatic rings. The van der Waals surface area contributed by atoms with Gasteiger partial charge in [0.25, 0.3) is 0 Å². The molecule has 0 aliphatic carbocycles. The Morgan fingerprint density at radius 2 is 2.00 bits per heavy atom.